The average Bonchev–Trinajstić information content (AvgIpc) is 2.80. The Morgan fingerprint density at radius 3 is 2.70 bits per heavy atom. The van der Waals surface area contributed by atoms with Crippen molar-refractivity contribution < 1.29 is 9.53 Å². The molecule has 0 radical (unpaired) electrons. The van der Waals surface area contributed by atoms with Crippen LogP contribution in [0.5, 0.6) is 5.75 Å². The molecule has 0 bridgehead atoms. The summed E-state index contributed by atoms with van der Waals surface area (Å²) in [4.78, 5) is 21.7. The van der Waals surface area contributed by atoms with Gasteiger partial charge in [0.05, 0.1) is 29.6 Å². The number of para-hydroxylation sites is 1. The molecule has 0 aliphatic carbocycles. The second-order valence-electron chi connectivity index (χ2n) is 6.52. The van der Waals surface area contributed by atoms with E-state index in [1.165, 1.54) is 0 Å². The van der Waals surface area contributed by atoms with E-state index in [4.69, 9.17) is 4.74 Å². The minimum Gasteiger partial charge on any atom is -0.494 e. The number of carbonyl (C=O) groups excluding carboxylic acids is 1. The number of nitrogens with zero attached hydrogens (tertiary/aromatic N) is 3. The van der Waals surface area contributed by atoms with Crippen LogP contribution in [-0.4, -0.2) is 28.7 Å². The summed E-state index contributed by atoms with van der Waals surface area (Å²) in [5.41, 5.74) is 6.23. The normalized spacial score (nSPS) is 11.0. The predicted molar refractivity (Wildman–Crippen MR) is 118 cm³/mol. The van der Waals surface area contributed by atoms with Crippen LogP contribution < -0.4 is 10.2 Å². The van der Waals surface area contributed by atoms with Crippen molar-refractivity contribution in [2.45, 2.75) is 6.92 Å². The predicted octanol–water partition coefficient (Wildman–Crippen LogP) is 4.46. The van der Waals surface area contributed by atoms with E-state index >= 15 is 0 Å². The monoisotopic (exact) mass is 396 g/mol. The number of hydrogen-bond donors (Lipinski definition) is 1. The molecule has 0 atom stereocenters. The molecule has 0 spiro atoms. The lowest BCUT2D eigenvalue weighted by molar-refractivity contribution is 0.0956. The second kappa shape index (κ2) is 8.96. The first-order valence-electron chi connectivity index (χ1n) is 9.61. The van der Waals surface area contributed by atoms with Crippen molar-refractivity contribution in [2.75, 3.05) is 6.61 Å². The van der Waals surface area contributed by atoms with Gasteiger partial charge in [-0.25, -0.2) is 10.4 Å². The van der Waals surface area contributed by atoms with Crippen LogP contribution in [0, 0.1) is 0 Å². The van der Waals surface area contributed by atoms with E-state index < -0.39 is 0 Å². The maximum absolute atomic E-state index is 12.9. The number of amides is 1. The van der Waals surface area contributed by atoms with Crippen molar-refractivity contribution in [2.24, 2.45) is 5.10 Å². The maximum Gasteiger partial charge on any atom is 0.272 e. The van der Waals surface area contributed by atoms with Gasteiger partial charge in [-0.1, -0.05) is 18.2 Å². The van der Waals surface area contributed by atoms with E-state index in [0.717, 1.165) is 27.8 Å². The van der Waals surface area contributed by atoms with Crippen LogP contribution in [0.4, 0.5) is 0 Å². The third-order valence-electron chi connectivity index (χ3n) is 4.49. The van der Waals surface area contributed by atoms with Gasteiger partial charge in [0.2, 0.25) is 0 Å². The molecule has 30 heavy (non-hydrogen) atoms. The van der Waals surface area contributed by atoms with Crippen LogP contribution >= 0.6 is 0 Å². The molecule has 0 saturated carbocycles. The Morgan fingerprint density at radius 2 is 1.93 bits per heavy atom. The minimum absolute atomic E-state index is 0.305. The van der Waals surface area contributed by atoms with Gasteiger partial charge in [-0.3, -0.25) is 9.78 Å². The van der Waals surface area contributed by atoms with Gasteiger partial charge < -0.3 is 4.74 Å². The maximum atomic E-state index is 12.9. The molecule has 4 aromatic rings. The molecule has 2 aromatic heterocycles. The first-order valence-corrected chi connectivity index (χ1v) is 9.61. The molecular weight excluding hydrogens is 376 g/mol. The standard InChI is InChI=1S/C24H20N4O2/c1-2-30-19-11-9-17(10-12-19)15-26-28-24(29)21-14-23(18-6-5-13-25-16-18)27-22-8-4-3-7-20(21)22/h3-16H,2H2,1H3,(H,28,29)/b26-15-. The molecule has 1 N–H and O–H groups in total. The van der Waals surface area contributed by atoms with Crippen LogP contribution in [0.15, 0.2) is 84.2 Å². The summed E-state index contributed by atoms with van der Waals surface area (Å²) >= 11 is 0. The number of aromatic nitrogens is 2. The lowest BCUT2D eigenvalue weighted by atomic mass is 10.0. The van der Waals surface area contributed by atoms with Gasteiger partial charge in [0, 0.05) is 23.3 Å². The number of pyridine rings is 2. The third-order valence-corrected chi connectivity index (χ3v) is 4.49. The van der Waals surface area contributed by atoms with E-state index in [2.05, 4.69) is 20.5 Å². The Morgan fingerprint density at radius 1 is 1.10 bits per heavy atom. The SMILES string of the molecule is CCOc1ccc(/C=N\NC(=O)c2cc(-c3cccnc3)nc3ccccc23)cc1. The van der Waals surface area contributed by atoms with Crippen molar-refractivity contribution in [3.8, 4) is 17.0 Å². The van der Waals surface area contributed by atoms with Crippen LogP contribution in [0.2, 0.25) is 0 Å². The molecule has 0 aliphatic heterocycles. The van der Waals surface area contributed by atoms with Crippen LogP contribution in [0.3, 0.4) is 0 Å². The smallest absolute Gasteiger partial charge is 0.272 e. The van der Waals surface area contributed by atoms with E-state index in [9.17, 15) is 4.79 Å². The average molecular weight is 396 g/mol. The molecule has 0 aliphatic rings. The topological polar surface area (TPSA) is 76.5 Å². The van der Waals surface area contributed by atoms with Crippen molar-refractivity contribution >= 4 is 23.0 Å². The highest BCUT2D eigenvalue weighted by molar-refractivity contribution is 6.07. The van der Waals surface area contributed by atoms with Crippen LogP contribution in [-0.2, 0) is 0 Å². The number of fused-ring (bicyclic) bond motifs is 1. The Bertz CT molecular complexity index is 1190. The zero-order valence-electron chi connectivity index (χ0n) is 16.4. The fourth-order valence-corrected chi connectivity index (χ4v) is 3.07. The Balaban J connectivity index is 1.59. The number of rotatable bonds is 6. The Kier molecular flexibility index (Phi) is 5.75. The van der Waals surface area contributed by atoms with E-state index in [0.29, 0.717) is 17.9 Å². The van der Waals surface area contributed by atoms with Crippen LogP contribution in [0.1, 0.15) is 22.8 Å². The number of hydrazone groups is 1. The number of ether oxygens (including phenoxy) is 1. The van der Waals surface area contributed by atoms with E-state index in [1.54, 1.807) is 24.7 Å². The van der Waals surface area contributed by atoms with Gasteiger partial charge in [0.15, 0.2) is 0 Å². The summed E-state index contributed by atoms with van der Waals surface area (Å²) < 4.78 is 5.43. The Labute approximate surface area is 174 Å². The summed E-state index contributed by atoms with van der Waals surface area (Å²) in [7, 11) is 0. The van der Waals surface area contributed by atoms with E-state index in [-0.39, 0.29) is 5.91 Å². The van der Waals surface area contributed by atoms with Gasteiger partial charge in [0.25, 0.3) is 5.91 Å². The third kappa shape index (κ3) is 4.33. The van der Waals surface area contributed by atoms with Gasteiger partial charge >= 0.3 is 0 Å². The first kappa shape index (κ1) is 19.3. The molecule has 4 rings (SSSR count). The first-order chi connectivity index (χ1) is 14.7. The fraction of sp³-hybridized carbons (Fsp3) is 0.0833. The molecular formula is C24H20N4O2. The summed E-state index contributed by atoms with van der Waals surface area (Å²) in [5, 5.41) is 4.87. The molecule has 0 fully saturated rings. The fourth-order valence-electron chi connectivity index (χ4n) is 3.07. The molecule has 2 heterocycles. The summed E-state index contributed by atoms with van der Waals surface area (Å²) in [6.45, 7) is 2.55. The van der Waals surface area contributed by atoms with Gasteiger partial charge in [-0.2, -0.15) is 5.10 Å². The molecule has 148 valence electrons. The van der Waals surface area contributed by atoms with Crippen molar-refractivity contribution in [3.63, 3.8) is 0 Å². The second-order valence-corrected chi connectivity index (χ2v) is 6.52. The highest BCUT2D eigenvalue weighted by Crippen LogP contribution is 2.24. The number of carbonyl (C=O) groups is 1. The summed E-state index contributed by atoms with van der Waals surface area (Å²) in [6, 6.07) is 20.5. The van der Waals surface area contributed by atoms with Gasteiger partial charge in [0.1, 0.15) is 5.75 Å². The minimum atomic E-state index is -0.305. The molecule has 2 aromatic carbocycles. The lowest BCUT2D eigenvalue weighted by Crippen LogP contribution is -2.18. The zero-order valence-corrected chi connectivity index (χ0v) is 16.4. The number of hydrogen-bond acceptors (Lipinski definition) is 5. The zero-order chi connectivity index (χ0) is 20.8. The summed E-state index contributed by atoms with van der Waals surface area (Å²) in [6.07, 6.45) is 5.02. The molecule has 6 nitrogen and oxygen atoms in total. The highest BCUT2D eigenvalue weighted by atomic mass is 16.5. The quantitative estimate of drug-likeness (QED) is 0.386. The highest BCUT2D eigenvalue weighted by Gasteiger charge is 2.13. The largest absolute Gasteiger partial charge is 0.494 e. The summed E-state index contributed by atoms with van der Waals surface area (Å²) in [5.74, 6) is 0.491. The van der Waals surface area contributed by atoms with Crippen molar-refractivity contribution in [1.29, 1.82) is 0 Å². The molecule has 6 heteroatoms. The molecule has 0 saturated heterocycles. The molecule has 1 amide bonds. The lowest BCUT2D eigenvalue weighted by Gasteiger charge is -2.08. The van der Waals surface area contributed by atoms with Gasteiger partial charge in [-0.05, 0) is 61.0 Å². The van der Waals surface area contributed by atoms with Crippen LogP contribution in [0.25, 0.3) is 22.2 Å². The van der Waals surface area contributed by atoms with Crippen molar-refractivity contribution in [3.05, 3.63) is 90.3 Å². The van der Waals surface area contributed by atoms with E-state index in [1.807, 2.05) is 67.6 Å². The number of nitrogens with one attached hydrogen (secondary N) is 1. The van der Waals surface area contributed by atoms with Gasteiger partial charge in [-0.15, -0.1) is 0 Å². The molecule has 0 unspecified atom stereocenters. The number of benzene rings is 2. The van der Waals surface area contributed by atoms with Crippen molar-refractivity contribution in [1.82, 2.24) is 15.4 Å². The Hall–Kier alpha value is -4.06.